The SMILES string of the molecule is COC(=O)C(C)(Br)[C@@H]1CC[C@H](C)[C@@H]([C@@H](C)COCc2ccccc2)O1. The Morgan fingerprint density at radius 3 is 2.68 bits per heavy atom. The smallest absolute Gasteiger partial charge is 0.325 e. The van der Waals surface area contributed by atoms with Gasteiger partial charge in [0.2, 0.25) is 0 Å². The van der Waals surface area contributed by atoms with Gasteiger partial charge in [-0.25, -0.2) is 0 Å². The van der Waals surface area contributed by atoms with Crippen LogP contribution >= 0.6 is 15.9 Å². The van der Waals surface area contributed by atoms with E-state index in [2.05, 4.69) is 41.9 Å². The molecule has 25 heavy (non-hydrogen) atoms. The van der Waals surface area contributed by atoms with Gasteiger partial charge in [0.25, 0.3) is 0 Å². The summed E-state index contributed by atoms with van der Waals surface area (Å²) in [7, 11) is 1.41. The first-order valence-electron chi connectivity index (χ1n) is 8.90. The molecule has 5 heteroatoms. The van der Waals surface area contributed by atoms with Gasteiger partial charge in [0.15, 0.2) is 0 Å². The molecular weight excluding hydrogens is 384 g/mol. The second-order valence-electron chi connectivity index (χ2n) is 7.19. The summed E-state index contributed by atoms with van der Waals surface area (Å²) in [5, 5.41) is 0. The van der Waals surface area contributed by atoms with Gasteiger partial charge in [0.1, 0.15) is 4.32 Å². The van der Waals surface area contributed by atoms with Crippen molar-refractivity contribution in [1.82, 2.24) is 0 Å². The van der Waals surface area contributed by atoms with Crippen molar-refractivity contribution < 1.29 is 19.0 Å². The van der Waals surface area contributed by atoms with Crippen molar-refractivity contribution >= 4 is 21.9 Å². The van der Waals surface area contributed by atoms with Crippen LogP contribution in [0.15, 0.2) is 30.3 Å². The third-order valence-electron chi connectivity index (χ3n) is 5.01. The van der Waals surface area contributed by atoms with Gasteiger partial charge in [-0.2, -0.15) is 0 Å². The summed E-state index contributed by atoms with van der Waals surface area (Å²) < 4.78 is 16.3. The number of alkyl halides is 1. The number of methoxy groups -OCH3 is 1. The fourth-order valence-corrected chi connectivity index (χ4v) is 3.93. The fourth-order valence-electron chi connectivity index (χ4n) is 3.43. The van der Waals surface area contributed by atoms with Gasteiger partial charge >= 0.3 is 5.97 Å². The lowest BCUT2D eigenvalue weighted by molar-refractivity contribution is -0.159. The zero-order valence-corrected chi connectivity index (χ0v) is 17.1. The maximum absolute atomic E-state index is 12.0. The Labute approximate surface area is 159 Å². The molecule has 0 saturated carbocycles. The number of ether oxygens (including phenoxy) is 3. The molecule has 0 radical (unpaired) electrons. The van der Waals surface area contributed by atoms with Crippen LogP contribution in [-0.2, 0) is 25.6 Å². The van der Waals surface area contributed by atoms with E-state index in [1.165, 1.54) is 12.7 Å². The van der Waals surface area contributed by atoms with Crippen LogP contribution in [-0.4, -0.2) is 36.2 Å². The maximum Gasteiger partial charge on any atom is 0.325 e. The first-order valence-corrected chi connectivity index (χ1v) is 9.70. The average molecular weight is 413 g/mol. The van der Waals surface area contributed by atoms with Gasteiger partial charge in [-0.1, -0.05) is 60.1 Å². The monoisotopic (exact) mass is 412 g/mol. The summed E-state index contributed by atoms with van der Waals surface area (Å²) in [5.74, 6) is 0.397. The maximum atomic E-state index is 12.0. The van der Waals surface area contributed by atoms with Gasteiger partial charge in [-0.15, -0.1) is 0 Å². The summed E-state index contributed by atoms with van der Waals surface area (Å²) >= 11 is 3.52. The molecule has 2 rings (SSSR count). The van der Waals surface area contributed by atoms with E-state index >= 15 is 0 Å². The highest BCUT2D eigenvalue weighted by Crippen LogP contribution is 2.38. The van der Waals surface area contributed by atoms with E-state index in [-0.39, 0.29) is 24.1 Å². The Morgan fingerprint density at radius 2 is 2.04 bits per heavy atom. The predicted molar refractivity (Wildman–Crippen MR) is 102 cm³/mol. The van der Waals surface area contributed by atoms with Crippen LogP contribution in [0.25, 0.3) is 0 Å². The van der Waals surface area contributed by atoms with Crippen molar-refractivity contribution in [2.75, 3.05) is 13.7 Å². The van der Waals surface area contributed by atoms with Crippen molar-refractivity contribution in [3.05, 3.63) is 35.9 Å². The van der Waals surface area contributed by atoms with Crippen LogP contribution in [0.2, 0.25) is 0 Å². The van der Waals surface area contributed by atoms with Gasteiger partial charge < -0.3 is 14.2 Å². The van der Waals surface area contributed by atoms with Crippen LogP contribution in [0.4, 0.5) is 0 Å². The minimum atomic E-state index is -0.815. The van der Waals surface area contributed by atoms with E-state index in [9.17, 15) is 4.79 Å². The van der Waals surface area contributed by atoms with Crippen LogP contribution in [0, 0.1) is 11.8 Å². The van der Waals surface area contributed by atoms with Crippen molar-refractivity contribution in [1.29, 1.82) is 0 Å². The fraction of sp³-hybridized carbons (Fsp3) is 0.650. The number of hydrogen-bond donors (Lipinski definition) is 0. The Hall–Kier alpha value is -0.910. The first kappa shape index (κ1) is 20.4. The van der Waals surface area contributed by atoms with Crippen LogP contribution in [0.1, 0.15) is 39.2 Å². The molecule has 1 saturated heterocycles. The topological polar surface area (TPSA) is 44.8 Å². The number of carbonyl (C=O) groups is 1. The number of halogens is 1. The van der Waals surface area contributed by atoms with Crippen molar-refractivity contribution in [3.63, 3.8) is 0 Å². The molecule has 5 atom stereocenters. The predicted octanol–water partition coefficient (Wildman–Crippen LogP) is 4.35. The van der Waals surface area contributed by atoms with Crippen LogP contribution in [0.5, 0.6) is 0 Å². The number of esters is 1. The van der Waals surface area contributed by atoms with Gasteiger partial charge in [0, 0.05) is 5.92 Å². The lowest BCUT2D eigenvalue weighted by atomic mass is 9.84. The molecule has 0 amide bonds. The molecule has 1 aromatic carbocycles. The van der Waals surface area contributed by atoms with Gasteiger partial charge in [-0.05, 0) is 31.2 Å². The lowest BCUT2D eigenvalue weighted by Gasteiger charge is -2.42. The van der Waals surface area contributed by atoms with Crippen molar-refractivity contribution in [2.45, 2.75) is 56.8 Å². The molecule has 140 valence electrons. The van der Waals surface area contributed by atoms with Crippen LogP contribution in [0.3, 0.4) is 0 Å². The zero-order valence-electron chi connectivity index (χ0n) is 15.5. The molecule has 0 aromatic heterocycles. The van der Waals surface area contributed by atoms with Crippen molar-refractivity contribution in [2.24, 2.45) is 11.8 Å². The Kier molecular flexibility index (Phi) is 7.47. The van der Waals surface area contributed by atoms with E-state index in [0.717, 1.165) is 12.8 Å². The summed E-state index contributed by atoms with van der Waals surface area (Å²) in [5.41, 5.74) is 1.17. The molecule has 1 unspecified atom stereocenters. The van der Waals surface area contributed by atoms with Crippen LogP contribution < -0.4 is 0 Å². The van der Waals surface area contributed by atoms with E-state index in [0.29, 0.717) is 19.1 Å². The van der Waals surface area contributed by atoms with Crippen molar-refractivity contribution in [3.8, 4) is 0 Å². The molecular formula is C20H29BrO4. The number of benzene rings is 1. The number of hydrogen-bond acceptors (Lipinski definition) is 4. The van der Waals surface area contributed by atoms with Gasteiger partial charge in [0.05, 0.1) is 32.5 Å². The zero-order chi connectivity index (χ0) is 18.4. The molecule has 0 N–H and O–H groups in total. The van der Waals surface area contributed by atoms with E-state index < -0.39 is 4.32 Å². The number of carbonyl (C=O) groups excluding carboxylic acids is 1. The summed E-state index contributed by atoms with van der Waals surface area (Å²) in [6.07, 6.45) is 1.73. The highest BCUT2D eigenvalue weighted by molar-refractivity contribution is 9.10. The Balaban J connectivity index is 1.91. The average Bonchev–Trinajstić information content (AvgIpc) is 2.61. The van der Waals surface area contributed by atoms with E-state index in [1.807, 2.05) is 25.1 Å². The second-order valence-corrected chi connectivity index (χ2v) is 8.84. The highest BCUT2D eigenvalue weighted by Gasteiger charge is 2.45. The first-order chi connectivity index (χ1) is 11.9. The molecule has 1 heterocycles. The minimum absolute atomic E-state index is 0.0658. The summed E-state index contributed by atoms with van der Waals surface area (Å²) in [6, 6.07) is 10.2. The third kappa shape index (κ3) is 5.28. The quantitative estimate of drug-likeness (QED) is 0.493. The molecule has 1 aliphatic rings. The van der Waals surface area contributed by atoms with E-state index in [1.54, 1.807) is 0 Å². The molecule has 1 aliphatic heterocycles. The summed E-state index contributed by atoms with van der Waals surface area (Å²) in [4.78, 5) is 12.0. The van der Waals surface area contributed by atoms with Gasteiger partial charge in [-0.3, -0.25) is 4.79 Å². The molecule has 1 fully saturated rings. The minimum Gasteiger partial charge on any atom is -0.468 e. The highest BCUT2D eigenvalue weighted by atomic mass is 79.9. The molecule has 4 nitrogen and oxygen atoms in total. The largest absolute Gasteiger partial charge is 0.468 e. The third-order valence-corrected chi connectivity index (χ3v) is 5.84. The standard InChI is InChI=1S/C20H29BrO4/c1-14-10-11-17(20(3,21)19(22)23-4)25-18(14)15(2)12-24-13-16-8-6-5-7-9-16/h5-9,14-15,17-18H,10-13H2,1-4H3/t14-,15-,17-,18-,20?/m0/s1. The normalized spacial score (nSPS) is 27.3. The molecule has 0 aliphatic carbocycles. The van der Waals surface area contributed by atoms with E-state index in [4.69, 9.17) is 14.2 Å². The molecule has 0 bridgehead atoms. The molecule has 0 spiro atoms. The molecule has 1 aromatic rings. The Bertz CT molecular complexity index is 546. The number of rotatable bonds is 7. The second kappa shape index (κ2) is 9.15. The lowest BCUT2D eigenvalue weighted by Crippen LogP contribution is -2.50. The Morgan fingerprint density at radius 1 is 1.36 bits per heavy atom. The summed E-state index contributed by atoms with van der Waals surface area (Å²) in [6.45, 7) is 7.42.